The van der Waals surface area contributed by atoms with Crippen LogP contribution in [-0.2, 0) is 4.79 Å². The van der Waals surface area contributed by atoms with Gasteiger partial charge in [-0.2, -0.15) is 0 Å². The molecule has 1 aliphatic heterocycles. The van der Waals surface area contributed by atoms with Crippen LogP contribution in [0.5, 0.6) is 5.75 Å². The van der Waals surface area contributed by atoms with Crippen LogP contribution in [0.1, 0.15) is 38.1 Å². The number of nitrogens with zero attached hydrogens (tertiary/aromatic N) is 3. The number of ether oxygens (including phenoxy) is 1. The summed E-state index contributed by atoms with van der Waals surface area (Å²) >= 11 is 7.44. The minimum Gasteiger partial charge on any atom is -0.496 e. The molecule has 9 heteroatoms. The van der Waals surface area contributed by atoms with E-state index in [1.54, 1.807) is 28.7 Å². The molecule has 3 heterocycles. The summed E-state index contributed by atoms with van der Waals surface area (Å²) in [5.74, 6) is 1.60. The van der Waals surface area contributed by atoms with Gasteiger partial charge in [-0.25, -0.2) is 4.99 Å². The van der Waals surface area contributed by atoms with Gasteiger partial charge in [0.15, 0.2) is 4.80 Å². The second kappa shape index (κ2) is 11.7. The summed E-state index contributed by atoms with van der Waals surface area (Å²) in [5.41, 5.74) is 2.36. The highest BCUT2D eigenvalue weighted by Crippen LogP contribution is 2.40. The van der Waals surface area contributed by atoms with Crippen LogP contribution in [0.2, 0.25) is 5.02 Å². The first-order valence-corrected chi connectivity index (χ1v) is 15.3. The normalized spacial score (nSPS) is 15.0. The summed E-state index contributed by atoms with van der Waals surface area (Å²) in [4.78, 5) is 35.4. The van der Waals surface area contributed by atoms with Gasteiger partial charge in [0.2, 0.25) is 0 Å². The van der Waals surface area contributed by atoms with E-state index >= 15 is 0 Å². The lowest BCUT2D eigenvalue weighted by molar-refractivity contribution is -0.127. The van der Waals surface area contributed by atoms with Gasteiger partial charge in [-0.15, -0.1) is 0 Å². The van der Waals surface area contributed by atoms with Gasteiger partial charge in [0, 0.05) is 35.3 Å². The molecular weight excluding hydrogens is 582 g/mol. The largest absolute Gasteiger partial charge is 0.496 e. The van der Waals surface area contributed by atoms with Crippen LogP contribution >= 0.6 is 22.9 Å². The van der Waals surface area contributed by atoms with E-state index in [9.17, 15) is 9.59 Å². The number of likely N-dealkylation sites (N-methyl/N-ethyl adjacent to an activating group) is 1. The summed E-state index contributed by atoms with van der Waals surface area (Å²) in [6, 6.07) is 22.1. The van der Waals surface area contributed by atoms with Crippen molar-refractivity contribution in [3.63, 3.8) is 0 Å². The molecule has 3 aromatic carbocycles. The van der Waals surface area contributed by atoms with E-state index in [4.69, 9.17) is 25.7 Å². The molecule has 43 heavy (non-hydrogen) atoms. The van der Waals surface area contributed by atoms with E-state index in [0.717, 1.165) is 21.9 Å². The van der Waals surface area contributed by atoms with Crippen molar-refractivity contribution >= 4 is 45.7 Å². The molecule has 0 saturated heterocycles. The van der Waals surface area contributed by atoms with Crippen LogP contribution in [0.25, 0.3) is 28.2 Å². The zero-order chi connectivity index (χ0) is 30.2. The number of hydrogen-bond acceptors (Lipinski definition) is 6. The number of fused-ring (bicyclic) bond motifs is 2. The number of amides is 1. The molecule has 0 aliphatic carbocycles. The zero-order valence-corrected chi connectivity index (χ0v) is 25.8. The number of benzene rings is 3. The molecule has 5 aromatic rings. The molecule has 0 spiro atoms. The predicted molar refractivity (Wildman–Crippen MR) is 171 cm³/mol. The van der Waals surface area contributed by atoms with E-state index in [2.05, 4.69) is 0 Å². The Hall–Kier alpha value is -4.40. The fourth-order valence-electron chi connectivity index (χ4n) is 5.64. The Kier molecular flexibility index (Phi) is 7.81. The molecular formula is C34H30ClN3O4S. The number of halogens is 1. The molecule has 0 unspecified atom stereocenters. The molecule has 0 N–H and O–H groups in total. The number of carbonyl (C=O) groups excluding carboxylic acids is 1. The van der Waals surface area contributed by atoms with Gasteiger partial charge in [-0.3, -0.25) is 14.2 Å². The number of hydrogen-bond donors (Lipinski definition) is 0. The number of furan rings is 1. The molecule has 0 radical (unpaired) electrons. The van der Waals surface area contributed by atoms with Crippen molar-refractivity contribution in [2.24, 2.45) is 4.99 Å². The van der Waals surface area contributed by atoms with E-state index in [-0.39, 0.29) is 11.5 Å². The summed E-state index contributed by atoms with van der Waals surface area (Å²) in [6.07, 6.45) is 1.72. The Morgan fingerprint density at radius 3 is 2.63 bits per heavy atom. The molecule has 1 atom stereocenters. The number of rotatable bonds is 7. The fourth-order valence-corrected chi connectivity index (χ4v) is 6.86. The van der Waals surface area contributed by atoms with E-state index in [1.807, 2.05) is 87.5 Å². The van der Waals surface area contributed by atoms with Crippen molar-refractivity contribution in [1.29, 1.82) is 0 Å². The van der Waals surface area contributed by atoms with Crippen LogP contribution < -0.4 is 19.6 Å². The Balaban J connectivity index is 1.58. The number of allylic oxidation sites excluding steroid dienone is 1. The maximum absolute atomic E-state index is 14.3. The number of thiazole rings is 1. The highest BCUT2D eigenvalue weighted by atomic mass is 35.5. The van der Waals surface area contributed by atoms with E-state index < -0.39 is 6.04 Å². The Morgan fingerprint density at radius 2 is 1.88 bits per heavy atom. The lowest BCUT2D eigenvalue weighted by Gasteiger charge is -2.30. The molecule has 0 fully saturated rings. The predicted octanol–water partition coefficient (Wildman–Crippen LogP) is 6.18. The van der Waals surface area contributed by atoms with Crippen molar-refractivity contribution in [3.05, 3.63) is 120 Å². The lowest BCUT2D eigenvalue weighted by Crippen LogP contribution is -2.43. The third-order valence-electron chi connectivity index (χ3n) is 7.74. The highest BCUT2D eigenvalue weighted by Gasteiger charge is 2.36. The van der Waals surface area contributed by atoms with Gasteiger partial charge >= 0.3 is 0 Å². The lowest BCUT2D eigenvalue weighted by atomic mass is 9.90. The second-order valence-electron chi connectivity index (χ2n) is 10.2. The Bertz CT molecular complexity index is 2080. The SMILES string of the molecule is CCN(CC)C(=O)C1=C(C)N=c2s/c(=C/c3ccc(-c4cccc(Cl)c4)o3)c(=O)n2[C@H]1c1c(OC)ccc2ccccc12. The second-order valence-corrected chi connectivity index (χ2v) is 11.6. The Labute approximate surface area is 257 Å². The van der Waals surface area contributed by atoms with Crippen LogP contribution in [0.15, 0.2) is 98.3 Å². The summed E-state index contributed by atoms with van der Waals surface area (Å²) < 4.78 is 14.0. The first-order valence-electron chi connectivity index (χ1n) is 14.1. The van der Waals surface area contributed by atoms with Gasteiger partial charge in [0.25, 0.3) is 11.5 Å². The van der Waals surface area contributed by atoms with Crippen molar-refractivity contribution < 1.29 is 13.9 Å². The summed E-state index contributed by atoms with van der Waals surface area (Å²) in [5, 5.41) is 2.49. The van der Waals surface area contributed by atoms with Crippen LogP contribution in [0.4, 0.5) is 0 Å². The zero-order valence-electron chi connectivity index (χ0n) is 24.3. The molecule has 218 valence electrons. The van der Waals surface area contributed by atoms with Gasteiger partial charge in [0.1, 0.15) is 23.3 Å². The molecule has 1 aliphatic rings. The van der Waals surface area contributed by atoms with Gasteiger partial charge < -0.3 is 14.1 Å². The molecule has 0 saturated carbocycles. The summed E-state index contributed by atoms with van der Waals surface area (Å²) in [7, 11) is 1.61. The average molecular weight is 612 g/mol. The maximum atomic E-state index is 14.3. The number of methoxy groups -OCH3 is 1. The quantitative estimate of drug-likeness (QED) is 0.220. The van der Waals surface area contributed by atoms with Crippen molar-refractivity contribution in [2.45, 2.75) is 26.8 Å². The smallest absolute Gasteiger partial charge is 0.271 e. The van der Waals surface area contributed by atoms with Crippen molar-refractivity contribution in [2.75, 3.05) is 20.2 Å². The van der Waals surface area contributed by atoms with Gasteiger partial charge in [-0.1, -0.05) is 65.4 Å². The topological polar surface area (TPSA) is 77.0 Å². The number of aromatic nitrogens is 1. The first-order chi connectivity index (χ1) is 20.8. The van der Waals surface area contributed by atoms with Gasteiger partial charge in [0.05, 0.1) is 22.9 Å². The highest BCUT2D eigenvalue weighted by molar-refractivity contribution is 7.07. The molecule has 6 rings (SSSR count). The fraction of sp³-hybridized carbons (Fsp3) is 0.206. The molecule has 7 nitrogen and oxygen atoms in total. The molecule has 1 amide bonds. The maximum Gasteiger partial charge on any atom is 0.271 e. The monoisotopic (exact) mass is 611 g/mol. The standard InChI is InChI=1S/C34H30ClN3O4S/c1-5-37(6-2)33(40)29-20(3)36-34-38(31(29)30-25-13-8-7-10-21(25)14-16-27(30)41-4)32(39)28(43-34)19-24-15-17-26(42-24)22-11-9-12-23(35)18-22/h7-19,31H,5-6H2,1-4H3/b28-19+/t31-/m1/s1. The number of carbonyl (C=O) groups is 1. The minimum absolute atomic E-state index is 0.155. The van der Waals surface area contributed by atoms with Crippen LogP contribution in [-0.4, -0.2) is 35.6 Å². The van der Waals surface area contributed by atoms with Crippen LogP contribution in [0.3, 0.4) is 0 Å². The Morgan fingerprint density at radius 1 is 1.09 bits per heavy atom. The minimum atomic E-state index is -0.744. The van der Waals surface area contributed by atoms with Crippen molar-refractivity contribution in [3.8, 4) is 17.1 Å². The molecule has 2 aromatic heterocycles. The third-order valence-corrected chi connectivity index (χ3v) is 8.95. The third kappa shape index (κ3) is 5.11. The van der Waals surface area contributed by atoms with Gasteiger partial charge in [-0.05, 0) is 61.9 Å². The van der Waals surface area contributed by atoms with Crippen molar-refractivity contribution in [1.82, 2.24) is 9.47 Å². The van der Waals surface area contributed by atoms with E-state index in [1.165, 1.54) is 11.3 Å². The summed E-state index contributed by atoms with van der Waals surface area (Å²) in [6.45, 7) is 6.79. The van der Waals surface area contributed by atoms with Crippen LogP contribution in [0, 0.1) is 0 Å². The first kappa shape index (κ1) is 28.7. The average Bonchev–Trinajstić information content (AvgIpc) is 3.60. The molecule has 0 bridgehead atoms. The van der Waals surface area contributed by atoms with E-state index in [0.29, 0.717) is 56.0 Å².